The van der Waals surface area contributed by atoms with E-state index in [0.29, 0.717) is 51.7 Å². The van der Waals surface area contributed by atoms with E-state index in [1.807, 2.05) is 44.2 Å². The molecule has 6 nitrogen and oxygen atoms in total. The van der Waals surface area contributed by atoms with Gasteiger partial charge in [0.1, 0.15) is 5.60 Å². The van der Waals surface area contributed by atoms with Crippen molar-refractivity contribution in [1.82, 2.24) is 0 Å². The molecule has 1 aliphatic carbocycles. The lowest BCUT2D eigenvalue weighted by Crippen LogP contribution is -2.63. The van der Waals surface area contributed by atoms with Crippen molar-refractivity contribution < 1.29 is 24.1 Å². The lowest BCUT2D eigenvalue weighted by atomic mass is 9.62. The number of nitrogens with zero attached hydrogens (tertiary/aromatic N) is 1. The summed E-state index contributed by atoms with van der Waals surface area (Å²) in [5.41, 5.74) is 1.22. The molecule has 4 aliphatic rings. The molecule has 0 aromatic heterocycles. The van der Waals surface area contributed by atoms with Crippen LogP contribution < -0.4 is 4.90 Å². The number of benzene rings is 2. The third kappa shape index (κ3) is 2.87. The second kappa shape index (κ2) is 7.05. The van der Waals surface area contributed by atoms with E-state index in [-0.39, 0.29) is 0 Å². The Kier molecular flexibility index (Phi) is 4.51. The Balaban J connectivity index is 1.47. The molecule has 33 heavy (non-hydrogen) atoms. The zero-order valence-electron chi connectivity index (χ0n) is 19.3. The molecule has 3 aliphatic heterocycles. The molecule has 2 spiro atoms. The second-order valence-electron chi connectivity index (χ2n) is 10.4. The van der Waals surface area contributed by atoms with Gasteiger partial charge < -0.3 is 19.3 Å². The highest BCUT2D eigenvalue weighted by atomic mass is 16.7. The van der Waals surface area contributed by atoms with E-state index in [2.05, 4.69) is 18.2 Å². The Hall–Kier alpha value is -2.41. The number of aliphatic hydroxyl groups is 1. The first-order valence-corrected chi connectivity index (χ1v) is 12.0. The van der Waals surface area contributed by atoms with Gasteiger partial charge in [0.2, 0.25) is 0 Å². The van der Waals surface area contributed by atoms with Crippen molar-refractivity contribution >= 4 is 11.8 Å². The summed E-state index contributed by atoms with van der Waals surface area (Å²) in [6.07, 6.45) is 3.36. The second-order valence-corrected chi connectivity index (χ2v) is 10.4. The predicted molar refractivity (Wildman–Crippen MR) is 123 cm³/mol. The number of anilines is 1. The fourth-order valence-corrected chi connectivity index (χ4v) is 6.66. The number of fused-ring (bicyclic) bond motifs is 1. The maximum Gasteiger partial charge on any atom is 0.417 e. The molecule has 2 aromatic carbocycles. The van der Waals surface area contributed by atoms with E-state index in [1.165, 1.54) is 0 Å². The molecule has 1 unspecified atom stereocenters. The molecule has 0 bridgehead atoms. The van der Waals surface area contributed by atoms with Crippen molar-refractivity contribution in [3.63, 3.8) is 0 Å². The van der Waals surface area contributed by atoms with Crippen LogP contribution in [0.4, 0.5) is 10.5 Å². The van der Waals surface area contributed by atoms with E-state index in [4.69, 9.17) is 14.2 Å². The van der Waals surface area contributed by atoms with Gasteiger partial charge in [-0.3, -0.25) is 0 Å². The van der Waals surface area contributed by atoms with E-state index in [9.17, 15) is 9.90 Å². The molecule has 6 rings (SSSR count). The molecule has 3 heterocycles. The van der Waals surface area contributed by atoms with Gasteiger partial charge in [-0.1, -0.05) is 48.5 Å². The molecule has 0 radical (unpaired) electrons. The minimum absolute atomic E-state index is 0.426. The Bertz CT molecular complexity index is 1080. The highest BCUT2D eigenvalue weighted by Crippen LogP contribution is 2.63. The van der Waals surface area contributed by atoms with Gasteiger partial charge in [-0.2, -0.15) is 0 Å². The van der Waals surface area contributed by atoms with Gasteiger partial charge in [0.25, 0.3) is 0 Å². The number of hydrogen-bond donors (Lipinski definition) is 1. The van der Waals surface area contributed by atoms with Gasteiger partial charge in [0.15, 0.2) is 11.5 Å². The van der Waals surface area contributed by atoms with Gasteiger partial charge in [0.05, 0.1) is 18.9 Å². The zero-order valence-corrected chi connectivity index (χ0v) is 19.3. The van der Waals surface area contributed by atoms with Crippen molar-refractivity contribution in [3.8, 4) is 0 Å². The highest BCUT2D eigenvalue weighted by Gasteiger charge is 2.67. The van der Waals surface area contributed by atoms with E-state index >= 15 is 0 Å². The standard InChI is InChI=1S/C27H31NO5/c1-24(2)20-9-6-10-21-22(20)28(23(29)33-24)27(30,12-11-19-7-4-3-5-8-19)25(21)13-15-26(16-14-25)31-17-18-32-26/h3-10,30H,11-18H2,1-2H3. The van der Waals surface area contributed by atoms with Crippen LogP contribution in [0.3, 0.4) is 0 Å². The van der Waals surface area contributed by atoms with Crippen LogP contribution in [-0.4, -0.2) is 35.9 Å². The van der Waals surface area contributed by atoms with Crippen LogP contribution in [0, 0.1) is 0 Å². The Morgan fingerprint density at radius 2 is 1.58 bits per heavy atom. The smallest absolute Gasteiger partial charge is 0.417 e. The molecule has 2 aromatic rings. The number of para-hydroxylation sites is 1. The summed E-state index contributed by atoms with van der Waals surface area (Å²) in [5.74, 6) is -0.559. The summed E-state index contributed by atoms with van der Waals surface area (Å²) in [6, 6.07) is 16.3. The number of cyclic esters (lactones) is 1. The summed E-state index contributed by atoms with van der Waals surface area (Å²) < 4.78 is 17.9. The molecule has 1 amide bonds. The molecule has 174 valence electrons. The van der Waals surface area contributed by atoms with Crippen molar-refractivity contribution in [3.05, 3.63) is 65.2 Å². The van der Waals surface area contributed by atoms with Gasteiger partial charge >= 0.3 is 6.09 Å². The highest BCUT2D eigenvalue weighted by molar-refractivity contribution is 5.97. The van der Waals surface area contributed by atoms with Gasteiger partial charge in [-0.05, 0) is 44.2 Å². The number of rotatable bonds is 3. The molecule has 2 fully saturated rings. The predicted octanol–water partition coefficient (Wildman–Crippen LogP) is 4.77. The summed E-state index contributed by atoms with van der Waals surface area (Å²) in [4.78, 5) is 15.0. The van der Waals surface area contributed by atoms with Gasteiger partial charge in [0, 0.05) is 30.2 Å². The lowest BCUT2D eigenvalue weighted by molar-refractivity contribution is -0.198. The summed E-state index contributed by atoms with van der Waals surface area (Å²) >= 11 is 0. The first-order valence-electron chi connectivity index (χ1n) is 12.0. The molecule has 1 atom stereocenters. The van der Waals surface area contributed by atoms with Gasteiger partial charge in [-0.15, -0.1) is 0 Å². The SMILES string of the molecule is CC1(C)OC(=O)N2c3c1cccc3C1(CCC3(CC1)OCCO3)C2(O)CCc1ccccc1. The fourth-order valence-electron chi connectivity index (χ4n) is 6.66. The first kappa shape index (κ1) is 21.1. The zero-order chi connectivity index (χ0) is 22.9. The number of carbonyl (C=O) groups is 1. The van der Waals surface area contributed by atoms with Crippen LogP contribution in [0.25, 0.3) is 0 Å². The summed E-state index contributed by atoms with van der Waals surface area (Å²) in [6.45, 7) is 5.06. The van der Waals surface area contributed by atoms with Crippen LogP contribution >= 0.6 is 0 Å². The van der Waals surface area contributed by atoms with E-state index in [0.717, 1.165) is 22.4 Å². The largest absolute Gasteiger partial charge is 0.438 e. The van der Waals surface area contributed by atoms with E-state index in [1.54, 1.807) is 4.90 Å². The van der Waals surface area contributed by atoms with Crippen LogP contribution in [0.1, 0.15) is 62.6 Å². The average molecular weight is 450 g/mol. The maximum atomic E-state index is 13.4. The lowest BCUT2D eigenvalue weighted by Gasteiger charge is -2.51. The Morgan fingerprint density at radius 1 is 0.909 bits per heavy atom. The molecular formula is C27H31NO5. The fraction of sp³-hybridized carbons (Fsp3) is 0.519. The van der Waals surface area contributed by atoms with Gasteiger partial charge in [-0.25, -0.2) is 9.69 Å². The molecule has 6 heteroatoms. The van der Waals surface area contributed by atoms with Crippen molar-refractivity contribution in [2.24, 2.45) is 0 Å². The minimum atomic E-state index is -1.39. The summed E-state index contributed by atoms with van der Waals surface area (Å²) in [5, 5.41) is 12.6. The van der Waals surface area contributed by atoms with Crippen molar-refractivity contribution in [1.29, 1.82) is 0 Å². The number of amides is 1. The average Bonchev–Trinajstić information content (AvgIpc) is 3.34. The Labute approximate surface area is 194 Å². The Morgan fingerprint density at radius 3 is 2.27 bits per heavy atom. The topological polar surface area (TPSA) is 68.2 Å². The number of carbonyl (C=O) groups excluding carboxylic acids is 1. The van der Waals surface area contributed by atoms with Crippen LogP contribution in [-0.2, 0) is 31.6 Å². The molecular weight excluding hydrogens is 418 g/mol. The number of ether oxygens (including phenoxy) is 3. The first-order chi connectivity index (χ1) is 15.8. The molecule has 1 saturated heterocycles. The number of hydrogen-bond acceptors (Lipinski definition) is 5. The quantitative estimate of drug-likeness (QED) is 0.731. The maximum absolute atomic E-state index is 13.4. The van der Waals surface area contributed by atoms with Crippen molar-refractivity contribution in [2.45, 2.75) is 74.9 Å². The minimum Gasteiger partial charge on any atom is -0.438 e. The third-order valence-corrected chi connectivity index (χ3v) is 8.37. The van der Waals surface area contributed by atoms with E-state index < -0.39 is 28.6 Å². The van der Waals surface area contributed by atoms with Crippen LogP contribution in [0.2, 0.25) is 0 Å². The van der Waals surface area contributed by atoms with Crippen molar-refractivity contribution in [2.75, 3.05) is 18.1 Å². The molecule has 1 saturated carbocycles. The normalized spacial score (nSPS) is 28.2. The third-order valence-electron chi connectivity index (χ3n) is 8.37. The van der Waals surface area contributed by atoms with Crippen LogP contribution in [0.15, 0.2) is 48.5 Å². The molecule has 1 N–H and O–H groups in total. The van der Waals surface area contributed by atoms with Crippen LogP contribution in [0.5, 0.6) is 0 Å². The monoisotopic (exact) mass is 449 g/mol. The number of aryl methyl sites for hydroxylation is 1. The summed E-state index contributed by atoms with van der Waals surface area (Å²) in [7, 11) is 0.